The molecule has 1 aliphatic rings. The number of β-amino-alcohol motifs (C(OH)–C–C–N with tert-alkyl or cyclic N) is 1. The Morgan fingerprint density at radius 1 is 1.12 bits per heavy atom. The number of benzene rings is 1. The minimum absolute atomic E-state index is 0.00990. The zero-order valence-electron chi connectivity index (χ0n) is 13.9. The molecule has 2 rings (SSSR count). The Hall–Kier alpha value is -1.12. The van der Waals surface area contributed by atoms with Crippen LogP contribution >= 0.6 is 0 Å². The number of aliphatic hydroxyl groups is 4. The van der Waals surface area contributed by atoms with Crippen molar-refractivity contribution in [3.8, 4) is 0 Å². The maximum atomic E-state index is 14.2. The van der Waals surface area contributed by atoms with Gasteiger partial charge in [-0.05, 0) is 30.0 Å². The second-order valence-electron chi connectivity index (χ2n) is 6.66. The first-order valence-electron chi connectivity index (χ1n) is 8.13. The standard InChI is InChI=1S/C17H25F2NO4/c1-9(2)10-5-12(18)11(13(19)6-10)3-4-20-7-15(22)17(24)16(23)14(20)8-21/h5-6,9,14-17,21-24H,3-4,7-8H2,1-2H3/t14-,15-,16+,17+/m0/s1. The monoisotopic (exact) mass is 345 g/mol. The molecule has 1 aliphatic heterocycles. The molecule has 0 radical (unpaired) electrons. The number of likely N-dealkylation sites (tertiary alicyclic amines) is 1. The van der Waals surface area contributed by atoms with E-state index < -0.39 is 42.6 Å². The number of piperidine rings is 1. The van der Waals surface area contributed by atoms with Crippen molar-refractivity contribution in [2.75, 3.05) is 19.7 Å². The molecular formula is C17H25F2NO4. The molecule has 1 heterocycles. The summed E-state index contributed by atoms with van der Waals surface area (Å²) in [5.74, 6) is -1.24. The van der Waals surface area contributed by atoms with Gasteiger partial charge in [0.2, 0.25) is 0 Å². The van der Waals surface area contributed by atoms with E-state index in [1.807, 2.05) is 13.8 Å². The van der Waals surface area contributed by atoms with E-state index >= 15 is 0 Å². The van der Waals surface area contributed by atoms with Gasteiger partial charge in [-0.1, -0.05) is 13.8 Å². The lowest BCUT2D eigenvalue weighted by Gasteiger charge is -2.43. The van der Waals surface area contributed by atoms with E-state index in [0.29, 0.717) is 5.56 Å². The number of hydrogen-bond acceptors (Lipinski definition) is 5. The van der Waals surface area contributed by atoms with Gasteiger partial charge in [-0.2, -0.15) is 0 Å². The fourth-order valence-electron chi connectivity index (χ4n) is 3.09. The molecule has 1 aromatic rings. The van der Waals surface area contributed by atoms with E-state index in [1.165, 1.54) is 17.0 Å². The number of aliphatic hydroxyl groups excluding tert-OH is 4. The Bertz CT molecular complexity index is 547. The summed E-state index contributed by atoms with van der Waals surface area (Å²) in [6.45, 7) is 3.42. The second-order valence-corrected chi connectivity index (χ2v) is 6.66. The number of halogens is 2. The fourth-order valence-corrected chi connectivity index (χ4v) is 3.09. The average Bonchev–Trinajstić information content (AvgIpc) is 2.51. The second kappa shape index (κ2) is 7.84. The molecular weight excluding hydrogens is 320 g/mol. The lowest BCUT2D eigenvalue weighted by molar-refractivity contribution is -0.144. The first kappa shape index (κ1) is 19.2. The molecule has 0 unspecified atom stereocenters. The summed E-state index contributed by atoms with van der Waals surface area (Å²) in [5, 5.41) is 38.7. The highest BCUT2D eigenvalue weighted by atomic mass is 19.1. The van der Waals surface area contributed by atoms with Crippen molar-refractivity contribution in [1.29, 1.82) is 0 Å². The van der Waals surface area contributed by atoms with Crippen LogP contribution < -0.4 is 0 Å². The van der Waals surface area contributed by atoms with E-state index in [2.05, 4.69) is 0 Å². The zero-order valence-corrected chi connectivity index (χ0v) is 13.9. The van der Waals surface area contributed by atoms with E-state index in [9.17, 15) is 29.2 Å². The molecule has 0 aliphatic carbocycles. The molecule has 1 fully saturated rings. The maximum Gasteiger partial charge on any atom is 0.129 e. The van der Waals surface area contributed by atoms with Crippen molar-refractivity contribution >= 4 is 0 Å². The van der Waals surface area contributed by atoms with Gasteiger partial charge in [0.1, 0.15) is 23.8 Å². The van der Waals surface area contributed by atoms with Crippen LogP contribution in [0.1, 0.15) is 30.9 Å². The molecule has 7 heteroatoms. The molecule has 24 heavy (non-hydrogen) atoms. The lowest BCUT2D eigenvalue weighted by Crippen LogP contribution is -2.62. The predicted octanol–water partition coefficient (Wildman–Crippen LogP) is 0.390. The number of hydrogen-bond donors (Lipinski definition) is 4. The third-order valence-corrected chi connectivity index (χ3v) is 4.70. The van der Waals surface area contributed by atoms with Crippen LogP contribution in [0.3, 0.4) is 0 Å². The zero-order chi connectivity index (χ0) is 18.0. The first-order chi connectivity index (χ1) is 11.3. The van der Waals surface area contributed by atoms with Crippen molar-refractivity contribution in [3.63, 3.8) is 0 Å². The van der Waals surface area contributed by atoms with Crippen LogP contribution in [0.25, 0.3) is 0 Å². The summed E-state index contributed by atoms with van der Waals surface area (Å²) in [6.07, 6.45) is -3.82. The van der Waals surface area contributed by atoms with Crippen molar-refractivity contribution in [3.05, 3.63) is 34.9 Å². The van der Waals surface area contributed by atoms with Crippen LogP contribution in [-0.4, -0.2) is 69.4 Å². The molecule has 0 spiro atoms. The summed E-state index contributed by atoms with van der Waals surface area (Å²) in [6, 6.07) is 1.84. The first-order valence-corrected chi connectivity index (χ1v) is 8.13. The quantitative estimate of drug-likeness (QED) is 0.621. The summed E-state index contributed by atoms with van der Waals surface area (Å²) >= 11 is 0. The maximum absolute atomic E-state index is 14.2. The molecule has 1 aromatic carbocycles. The Kier molecular flexibility index (Phi) is 6.28. The van der Waals surface area contributed by atoms with Gasteiger partial charge in [0, 0.05) is 18.7 Å². The third kappa shape index (κ3) is 3.92. The van der Waals surface area contributed by atoms with Crippen LogP contribution in [0.15, 0.2) is 12.1 Å². The number of rotatable bonds is 5. The minimum atomic E-state index is -1.35. The smallest absolute Gasteiger partial charge is 0.129 e. The molecule has 4 N–H and O–H groups in total. The van der Waals surface area contributed by atoms with E-state index in [4.69, 9.17) is 0 Å². The molecule has 0 amide bonds. The highest BCUT2D eigenvalue weighted by Crippen LogP contribution is 2.23. The normalized spacial score (nSPS) is 28.5. The molecule has 1 saturated heterocycles. The molecule has 136 valence electrons. The van der Waals surface area contributed by atoms with Crippen LogP contribution in [0.2, 0.25) is 0 Å². The van der Waals surface area contributed by atoms with Crippen LogP contribution in [0, 0.1) is 11.6 Å². The predicted molar refractivity (Wildman–Crippen MR) is 84.6 cm³/mol. The fraction of sp³-hybridized carbons (Fsp3) is 0.647. The number of nitrogens with zero attached hydrogens (tertiary/aromatic N) is 1. The van der Waals surface area contributed by atoms with Gasteiger partial charge in [0.15, 0.2) is 0 Å². The largest absolute Gasteiger partial charge is 0.395 e. The molecule has 0 aromatic heterocycles. The van der Waals surface area contributed by atoms with Gasteiger partial charge >= 0.3 is 0 Å². The minimum Gasteiger partial charge on any atom is -0.395 e. The van der Waals surface area contributed by atoms with E-state index in [-0.39, 0.29) is 31.0 Å². The Labute approximate surface area is 140 Å². The average molecular weight is 345 g/mol. The van der Waals surface area contributed by atoms with Crippen molar-refractivity contribution < 1.29 is 29.2 Å². The lowest BCUT2D eigenvalue weighted by atomic mass is 9.93. The van der Waals surface area contributed by atoms with Crippen molar-refractivity contribution in [1.82, 2.24) is 4.90 Å². The SMILES string of the molecule is CC(C)c1cc(F)c(CCN2C[C@H](O)[C@@H](O)[C@H](O)[C@@H]2CO)c(F)c1. The third-order valence-electron chi connectivity index (χ3n) is 4.70. The van der Waals surface area contributed by atoms with Crippen LogP contribution in [0.5, 0.6) is 0 Å². The van der Waals surface area contributed by atoms with E-state index in [1.54, 1.807) is 0 Å². The summed E-state index contributed by atoms with van der Waals surface area (Å²) in [5.41, 5.74) is 0.514. The van der Waals surface area contributed by atoms with Gasteiger partial charge in [-0.3, -0.25) is 4.90 Å². The van der Waals surface area contributed by atoms with Gasteiger partial charge in [0.05, 0.1) is 18.8 Å². The van der Waals surface area contributed by atoms with Gasteiger partial charge < -0.3 is 20.4 Å². The Balaban J connectivity index is 2.12. The summed E-state index contributed by atoms with van der Waals surface area (Å²) in [7, 11) is 0. The highest BCUT2D eigenvalue weighted by molar-refractivity contribution is 5.28. The Morgan fingerprint density at radius 2 is 1.71 bits per heavy atom. The van der Waals surface area contributed by atoms with Crippen LogP contribution in [0.4, 0.5) is 8.78 Å². The van der Waals surface area contributed by atoms with E-state index in [0.717, 1.165) is 0 Å². The summed E-state index contributed by atoms with van der Waals surface area (Å²) < 4.78 is 28.3. The Morgan fingerprint density at radius 3 is 2.21 bits per heavy atom. The van der Waals surface area contributed by atoms with Gasteiger partial charge in [-0.15, -0.1) is 0 Å². The van der Waals surface area contributed by atoms with Gasteiger partial charge in [0.25, 0.3) is 0 Å². The molecule has 0 bridgehead atoms. The molecule has 4 atom stereocenters. The van der Waals surface area contributed by atoms with Crippen molar-refractivity contribution in [2.45, 2.75) is 50.5 Å². The van der Waals surface area contributed by atoms with Crippen molar-refractivity contribution in [2.24, 2.45) is 0 Å². The topological polar surface area (TPSA) is 84.2 Å². The molecule has 5 nitrogen and oxygen atoms in total. The highest BCUT2D eigenvalue weighted by Gasteiger charge is 2.40. The molecule has 0 saturated carbocycles. The summed E-state index contributed by atoms with van der Waals surface area (Å²) in [4.78, 5) is 1.54. The van der Waals surface area contributed by atoms with Gasteiger partial charge in [-0.25, -0.2) is 8.78 Å². The van der Waals surface area contributed by atoms with Crippen LogP contribution in [-0.2, 0) is 6.42 Å².